The molecule has 1 aliphatic heterocycles. The Morgan fingerprint density at radius 1 is 1.18 bits per heavy atom. The van der Waals surface area contributed by atoms with Gasteiger partial charge in [0.15, 0.2) is 20.7 Å². The number of carbonyl (C=O) groups excluding carboxylic acids is 1. The van der Waals surface area contributed by atoms with E-state index in [-0.39, 0.29) is 16.7 Å². The molecule has 0 radical (unpaired) electrons. The Bertz CT molecular complexity index is 1430. The Hall–Kier alpha value is -3.79. The van der Waals surface area contributed by atoms with Crippen LogP contribution in [0.1, 0.15) is 31.4 Å². The number of fused-ring (bicyclic) bond motifs is 1. The Labute approximate surface area is 189 Å². The standard InChI is InChI=1S/C23H20N4O5S/c1-2-33(29,30)21-8-6-14(13-25-21)31-20-12-18-17(11-15(20)19-7-9-22(28)32-19)26-23(27-18)16-5-3-4-10-24-16/h3-6,8,10-13,19H,2,7,9H2,1H3,(H,26,27). The van der Waals surface area contributed by atoms with E-state index in [9.17, 15) is 13.2 Å². The van der Waals surface area contributed by atoms with E-state index in [1.54, 1.807) is 25.3 Å². The molecule has 4 aromatic rings. The number of imidazole rings is 1. The van der Waals surface area contributed by atoms with Crippen LogP contribution in [0, 0.1) is 0 Å². The van der Waals surface area contributed by atoms with Crippen molar-refractivity contribution in [2.45, 2.75) is 30.9 Å². The number of H-pyrrole nitrogens is 1. The van der Waals surface area contributed by atoms with Crippen molar-refractivity contribution in [3.05, 3.63) is 60.4 Å². The van der Waals surface area contributed by atoms with E-state index >= 15 is 0 Å². The molecule has 1 atom stereocenters. The predicted octanol–water partition coefficient (Wildman–Crippen LogP) is 3.98. The maximum Gasteiger partial charge on any atom is 0.306 e. The lowest BCUT2D eigenvalue weighted by atomic mass is 10.0. The van der Waals surface area contributed by atoms with Gasteiger partial charge in [-0.05, 0) is 36.8 Å². The molecule has 0 amide bonds. The number of pyridine rings is 2. The van der Waals surface area contributed by atoms with Gasteiger partial charge in [-0.15, -0.1) is 0 Å². The highest BCUT2D eigenvalue weighted by Gasteiger charge is 2.29. The molecule has 33 heavy (non-hydrogen) atoms. The smallest absolute Gasteiger partial charge is 0.306 e. The van der Waals surface area contributed by atoms with Gasteiger partial charge < -0.3 is 14.5 Å². The van der Waals surface area contributed by atoms with Crippen LogP contribution in [-0.2, 0) is 19.4 Å². The number of cyclic esters (lactones) is 1. The number of benzene rings is 1. The van der Waals surface area contributed by atoms with Crippen molar-refractivity contribution in [2.75, 3.05) is 5.75 Å². The average molecular weight is 465 g/mol. The Balaban J connectivity index is 1.55. The Kier molecular flexibility index (Phi) is 5.29. The van der Waals surface area contributed by atoms with Gasteiger partial charge in [-0.1, -0.05) is 13.0 Å². The summed E-state index contributed by atoms with van der Waals surface area (Å²) in [5.41, 5.74) is 2.78. The van der Waals surface area contributed by atoms with Crippen molar-refractivity contribution in [3.63, 3.8) is 0 Å². The number of esters is 1. The van der Waals surface area contributed by atoms with Crippen molar-refractivity contribution >= 4 is 26.8 Å². The zero-order valence-electron chi connectivity index (χ0n) is 17.7. The SMILES string of the molecule is CCS(=O)(=O)c1ccc(Oc2cc3[nH]c(-c4ccccn4)nc3cc2C2CCC(=O)O2)cn1. The quantitative estimate of drug-likeness (QED) is 0.425. The normalized spacial score (nSPS) is 16.2. The van der Waals surface area contributed by atoms with Crippen molar-refractivity contribution in [3.8, 4) is 23.0 Å². The molecular weight excluding hydrogens is 444 g/mol. The summed E-state index contributed by atoms with van der Waals surface area (Å²) in [7, 11) is -3.41. The van der Waals surface area contributed by atoms with Crippen LogP contribution in [0.2, 0.25) is 0 Å². The summed E-state index contributed by atoms with van der Waals surface area (Å²) >= 11 is 0. The van der Waals surface area contributed by atoms with Gasteiger partial charge in [-0.3, -0.25) is 9.78 Å². The summed E-state index contributed by atoms with van der Waals surface area (Å²) in [5, 5.41) is -0.00804. The molecule has 3 aromatic heterocycles. The van der Waals surface area contributed by atoms with Gasteiger partial charge in [0.25, 0.3) is 0 Å². The summed E-state index contributed by atoms with van der Waals surface area (Å²) in [4.78, 5) is 28.0. The fourth-order valence-corrected chi connectivity index (χ4v) is 4.43. The molecule has 1 aromatic carbocycles. The minimum absolute atomic E-state index is 0.00804. The maximum atomic E-state index is 12.0. The zero-order chi connectivity index (χ0) is 23.0. The third-order valence-electron chi connectivity index (χ3n) is 5.39. The fourth-order valence-electron chi connectivity index (χ4n) is 3.65. The Morgan fingerprint density at radius 2 is 2.06 bits per heavy atom. The Morgan fingerprint density at radius 3 is 2.73 bits per heavy atom. The molecule has 10 heteroatoms. The zero-order valence-corrected chi connectivity index (χ0v) is 18.5. The number of nitrogens with zero attached hydrogens (tertiary/aromatic N) is 3. The first-order valence-electron chi connectivity index (χ1n) is 10.4. The van der Waals surface area contributed by atoms with Crippen LogP contribution in [0.15, 0.2) is 59.9 Å². The van der Waals surface area contributed by atoms with Crippen LogP contribution < -0.4 is 4.74 Å². The largest absolute Gasteiger partial charge is 0.457 e. The second kappa shape index (κ2) is 8.28. The number of sulfone groups is 1. The molecule has 1 fully saturated rings. The number of rotatable bonds is 6. The lowest BCUT2D eigenvalue weighted by Gasteiger charge is -2.15. The van der Waals surface area contributed by atoms with Crippen molar-refractivity contribution < 1.29 is 22.7 Å². The number of nitrogens with one attached hydrogen (secondary N) is 1. The van der Waals surface area contributed by atoms with E-state index in [1.807, 2.05) is 24.3 Å². The molecular formula is C23H20N4O5S. The average Bonchev–Trinajstić information content (AvgIpc) is 3.45. The van der Waals surface area contributed by atoms with Gasteiger partial charge in [0.2, 0.25) is 0 Å². The van der Waals surface area contributed by atoms with Crippen LogP contribution in [-0.4, -0.2) is 40.1 Å². The van der Waals surface area contributed by atoms with Crippen LogP contribution in [0.25, 0.3) is 22.6 Å². The molecule has 0 saturated carbocycles. The monoisotopic (exact) mass is 464 g/mol. The molecule has 1 saturated heterocycles. The van der Waals surface area contributed by atoms with Crippen LogP contribution in [0.5, 0.6) is 11.5 Å². The number of aromatic amines is 1. The van der Waals surface area contributed by atoms with E-state index < -0.39 is 15.9 Å². The lowest BCUT2D eigenvalue weighted by molar-refractivity contribution is -0.141. The summed E-state index contributed by atoms with van der Waals surface area (Å²) < 4.78 is 35.6. The van der Waals surface area contributed by atoms with Gasteiger partial charge >= 0.3 is 5.97 Å². The second-order valence-corrected chi connectivity index (χ2v) is 9.79. The number of ether oxygens (including phenoxy) is 2. The molecule has 1 N–H and O–H groups in total. The van der Waals surface area contributed by atoms with E-state index in [0.717, 1.165) is 5.52 Å². The summed E-state index contributed by atoms with van der Waals surface area (Å²) in [5.74, 6) is 1.13. The highest BCUT2D eigenvalue weighted by atomic mass is 32.2. The minimum Gasteiger partial charge on any atom is -0.457 e. The third-order valence-corrected chi connectivity index (χ3v) is 7.03. The van der Waals surface area contributed by atoms with Gasteiger partial charge in [0, 0.05) is 24.2 Å². The third kappa shape index (κ3) is 4.17. The van der Waals surface area contributed by atoms with E-state index in [2.05, 4.69) is 19.9 Å². The molecule has 1 aliphatic rings. The van der Waals surface area contributed by atoms with Crippen molar-refractivity contribution in [1.29, 1.82) is 0 Å². The molecule has 0 spiro atoms. The summed E-state index contributed by atoms with van der Waals surface area (Å²) in [6.45, 7) is 1.56. The fraction of sp³-hybridized carbons (Fsp3) is 0.217. The predicted molar refractivity (Wildman–Crippen MR) is 119 cm³/mol. The van der Waals surface area contributed by atoms with Gasteiger partial charge in [0.05, 0.1) is 23.0 Å². The first kappa shape index (κ1) is 21.1. The van der Waals surface area contributed by atoms with E-state index in [4.69, 9.17) is 9.47 Å². The lowest BCUT2D eigenvalue weighted by Crippen LogP contribution is -2.06. The molecule has 168 valence electrons. The number of aromatic nitrogens is 4. The van der Waals surface area contributed by atoms with Crippen LogP contribution in [0.4, 0.5) is 0 Å². The molecule has 5 rings (SSSR count). The number of hydrogen-bond acceptors (Lipinski definition) is 8. The highest BCUT2D eigenvalue weighted by Crippen LogP contribution is 2.39. The van der Waals surface area contributed by atoms with E-state index in [0.29, 0.717) is 46.9 Å². The van der Waals surface area contributed by atoms with Crippen molar-refractivity contribution in [1.82, 2.24) is 19.9 Å². The molecule has 9 nitrogen and oxygen atoms in total. The second-order valence-electron chi connectivity index (χ2n) is 7.56. The van der Waals surface area contributed by atoms with Crippen LogP contribution in [0.3, 0.4) is 0 Å². The maximum absolute atomic E-state index is 12.0. The number of carbonyl (C=O) groups is 1. The minimum atomic E-state index is -3.41. The van der Waals surface area contributed by atoms with Gasteiger partial charge in [0.1, 0.15) is 23.3 Å². The van der Waals surface area contributed by atoms with Gasteiger partial charge in [-0.25, -0.2) is 18.4 Å². The first-order chi connectivity index (χ1) is 15.9. The first-order valence-corrected chi connectivity index (χ1v) is 12.1. The van der Waals surface area contributed by atoms with Crippen molar-refractivity contribution in [2.24, 2.45) is 0 Å². The van der Waals surface area contributed by atoms with Gasteiger partial charge in [-0.2, -0.15) is 0 Å². The molecule has 4 heterocycles. The highest BCUT2D eigenvalue weighted by molar-refractivity contribution is 7.91. The molecule has 0 bridgehead atoms. The molecule has 1 unspecified atom stereocenters. The summed E-state index contributed by atoms with van der Waals surface area (Å²) in [6.07, 6.45) is 3.45. The van der Waals surface area contributed by atoms with E-state index in [1.165, 1.54) is 12.3 Å². The summed E-state index contributed by atoms with van der Waals surface area (Å²) in [6, 6.07) is 12.1. The number of hydrogen-bond donors (Lipinski definition) is 1. The molecule has 0 aliphatic carbocycles. The van der Waals surface area contributed by atoms with Crippen LogP contribution >= 0.6 is 0 Å². The topological polar surface area (TPSA) is 124 Å².